The molecule has 1 rings (SSSR count). The van der Waals surface area contributed by atoms with E-state index in [9.17, 15) is 4.79 Å². The van der Waals surface area contributed by atoms with Gasteiger partial charge in [0.05, 0.1) is 6.33 Å². The number of aromatic nitrogens is 2. The van der Waals surface area contributed by atoms with Gasteiger partial charge in [-0.3, -0.25) is 4.99 Å². The molecule has 1 aromatic rings. The van der Waals surface area contributed by atoms with Gasteiger partial charge in [-0.2, -0.15) is 0 Å². The summed E-state index contributed by atoms with van der Waals surface area (Å²) in [7, 11) is 0. The van der Waals surface area contributed by atoms with Gasteiger partial charge in [0.15, 0.2) is 5.96 Å². The lowest BCUT2D eigenvalue weighted by Crippen LogP contribution is -2.39. The largest absolute Gasteiger partial charge is 0.444 e. The Balaban J connectivity index is 2.17. The highest BCUT2D eigenvalue weighted by atomic mass is 16.6. The second kappa shape index (κ2) is 11.3. The summed E-state index contributed by atoms with van der Waals surface area (Å²) in [5.41, 5.74) is -0.468. The van der Waals surface area contributed by atoms with E-state index >= 15 is 0 Å². The molecule has 0 radical (unpaired) electrons. The van der Waals surface area contributed by atoms with Gasteiger partial charge in [0.1, 0.15) is 5.60 Å². The molecular weight excluding hydrogens is 320 g/mol. The predicted molar refractivity (Wildman–Crippen MR) is 99.7 cm³/mol. The summed E-state index contributed by atoms with van der Waals surface area (Å²) in [6, 6.07) is 0. The summed E-state index contributed by atoms with van der Waals surface area (Å²) in [5.74, 6) is 0.797. The van der Waals surface area contributed by atoms with Crippen molar-refractivity contribution in [3.05, 3.63) is 18.7 Å². The fraction of sp³-hybridized carbons (Fsp3) is 0.706. The number of nitrogens with one attached hydrogen (secondary N) is 3. The highest BCUT2D eigenvalue weighted by Crippen LogP contribution is 2.06. The van der Waals surface area contributed by atoms with Gasteiger partial charge < -0.3 is 25.3 Å². The van der Waals surface area contributed by atoms with Crippen molar-refractivity contribution in [1.82, 2.24) is 25.5 Å². The molecule has 142 valence electrons. The van der Waals surface area contributed by atoms with Crippen molar-refractivity contribution in [2.75, 3.05) is 26.2 Å². The number of hydrogen-bond donors (Lipinski definition) is 3. The molecule has 0 unspecified atom stereocenters. The van der Waals surface area contributed by atoms with E-state index in [4.69, 9.17) is 4.74 Å². The molecule has 0 saturated carbocycles. The molecule has 0 atom stereocenters. The number of guanidine groups is 1. The summed E-state index contributed by atoms with van der Waals surface area (Å²) in [4.78, 5) is 20.1. The molecular formula is C17H32N6O2. The van der Waals surface area contributed by atoms with Crippen molar-refractivity contribution >= 4 is 12.1 Å². The van der Waals surface area contributed by atoms with Crippen LogP contribution in [-0.4, -0.2) is 53.4 Å². The third kappa shape index (κ3) is 11.0. The Kier molecular flexibility index (Phi) is 9.42. The molecule has 0 saturated heterocycles. The zero-order chi connectivity index (χ0) is 18.5. The minimum absolute atomic E-state index is 0.382. The molecule has 0 fully saturated rings. The number of alkyl carbamates (subject to hydrolysis) is 1. The van der Waals surface area contributed by atoms with E-state index < -0.39 is 5.60 Å². The molecule has 25 heavy (non-hydrogen) atoms. The summed E-state index contributed by atoms with van der Waals surface area (Å²) >= 11 is 0. The Morgan fingerprint density at radius 2 is 1.96 bits per heavy atom. The average molecular weight is 352 g/mol. The number of ether oxygens (including phenoxy) is 1. The first-order valence-corrected chi connectivity index (χ1v) is 8.85. The quantitative estimate of drug-likeness (QED) is 0.358. The fourth-order valence-corrected chi connectivity index (χ4v) is 2.00. The Morgan fingerprint density at radius 1 is 1.20 bits per heavy atom. The SMILES string of the molecule is CCNC(=NCCCn1ccnc1)NCCCNC(=O)OC(C)(C)C. The number of amides is 1. The molecule has 1 amide bonds. The molecule has 8 nitrogen and oxygen atoms in total. The predicted octanol–water partition coefficient (Wildman–Crippen LogP) is 1.74. The van der Waals surface area contributed by atoms with Crippen LogP contribution in [0.3, 0.4) is 0 Å². The first kappa shape index (κ1) is 20.8. The zero-order valence-corrected chi connectivity index (χ0v) is 15.8. The van der Waals surface area contributed by atoms with Crippen molar-refractivity contribution in [2.24, 2.45) is 4.99 Å². The first-order valence-electron chi connectivity index (χ1n) is 8.85. The number of aliphatic imine (C=N–C) groups is 1. The standard InChI is InChI=1S/C17H32N6O2/c1-5-19-15(21-10-7-12-23-13-11-18-14-23)20-8-6-9-22-16(24)25-17(2,3)4/h11,13-14H,5-10,12H2,1-4H3,(H,22,24)(H2,19,20,21). The maximum absolute atomic E-state index is 11.5. The van der Waals surface area contributed by atoms with Gasteiger partial charge in [-0.25, -0.2) is 9.78 Å². The molecule has 8 heteroatoms. The number of rotatable bonds is 9. The van der Waals surface area contributed by atoms with E-state index in [0.29, 0.717) is 6.54 Å². The molecule has 0 bridgehead atoms. The van der Waals surface area contributed by atoms with E-state index in [1.165, 1.54) is 0 Å². The van der Waals surface area contributed by atoms with Crippen LogP contribution in [0.25, 0.3) is 0 Å². The van der Waals surface area contributed by atoms with Gasteiger partial charge in [-0.1, -0.05) is 0 Å². The van der Waals surface area contributed by atoms with E-state index in [2.05, 4.69) is 25.9 Å². The van der Waals surface area contributed by atoms with Crippen molar-refractivity contribution < 1.29 is 9.53 Å². The summed E-state index contributed by atoms with van der Waals surface area (Å²) in [6.07, 6.45) is 6.90. The monoisotopic (exact) mass is 352 g/mol. The van der Waals surface area contributed by atoms with Crippen LogP contribution in [0.2, 0.25) is 0 Å². The van der Waals surface area contributed by atoms with Crippen LogP contribution in [0.5, 0.6) is 0 Å². The molecule has 0 aliphatic carbocycles. The van der Waals surface area contributed by atoms with Gasteiger partial charge in [-0.05, 0) is 40.5 Å². The number of carbonyl (C=O) groups excluding carboxylic acids is 1. The molecule has 0 spiro atoms. The van der Waals surface area contributed by atoms with Gasteiger partial charge in [0.25, 0.3) is 0 Å². The van der Waals surface area contributed by atoms with Crippen LogP contribution < -0.4 is 16.0 Å². The molecule has 0 aliphatic heterocycles. The third-order valence-corrected chi connectivity index (χ3v) is 3.06. The normalized spacial score (nSPS) is 11.9. The maximum atomic E-state index is 11.5. The molecule has 0 aliphatic rings. The van der Waals surface area contributed by atoms with Crippen LogP contribution in [-0.2, 0) is 11.3 Å². The molecule has 0 aromatic carbocycles. The summed E-state index contributed by atoms with van der Waals surface area (Å²) in [6.45, 7) is 11.3. The summed E-state index contributed by atoms with van der Waals surface area (Å²) < 4.78 is 7.23. The second-order valence-electron chi connectivity index (χ2n) is 6.62. The lowest BCUT2D eigenvalue weighted by Gasteiger charge is -2.19. The van der Waals surface area contributed by atoms with Crippen LogP contribution >= 0.6 is 0 Å². The van der Waals surface area contributed by atoms with Crippen LogP contribution in [0.15, 0.2) is 23.7 Å². The van der Waals surface area contributed by atoms with E-state index in [0.717, 1.165) is 45.0 Å². The van der Waals surface area contributed by atoms with E-state index in [1.807, 2.05) is 44.8 Å². The Morgan fingerprint density at radius 3 is 2.60 bits per heavy atom. The number of hydrogen-bond acceptors (Lipinski definition) is 4. The lowest BCUT2D eigenvalue weighted by atomic mass is 10.2. The second-order valence-corrected chi connectivity index (χ2v) is 6.62. The lowest BCUT2D eigenvalue weighted by molar-refractivity contribution is 0.0527. The number of carbonyl (C=O) groups is 1. The van der Waals surface area contributed by atoms with Crippen molar-refractivity contribution in [3.63, 3.8) is 0 Å². The van der Waals surface area contributed by atoms with Crippen molar-refractivity contribution in [2.45, 2.75) is 52.7 Å². The minimum atomic E-state index is -0.468. The smallest absolute Gasteiger partial charge is 0.407 e. The Hall–Kier alpha value is -2.25. The van der Waals surface area contributed by atoms with E-state index in [1.54, 1.807) is 6.20 Å². The van der Waals surface area contributed by atoms with Crippen molar-refractivity contribution in [3.8, 4) is 0 Å². The van der Waals surface area contributed by atoms with Crippen LogP contribution in [0.1, 0.15) is 40.5 Å². The van der Waals surface area contributed by atoms with Gasteiger partial charge in [0, 0.05) is 45.1 Å². The average Bonchev–Trinajstić information content (AvgIpc) is 3.02. The third-order valence-electron chi connectivity index (χ3n) is 3.06. The van der Waals surface area contributed by atoms with E-state index in [-0.39, 0.29) is 6.09 Å². The van der Waals surface area contributed by atoms with Crippen LogP contribution in [0.4, 0.5) is 4.79 Å². The Bertz CT molecular complexity index is 508. The van der Waals surface area contributed by atoms with Gasteiger partial charge in [-0.15, -0.1) is 0 Å². The summed E-state index contributed by atoms with van der Waals surface area (Å²) in [5, 5.41) is 9.22. The highest BCUT2D eigenvalue weighted by Gasteiger charge is 2.15. The van der Waals surface area contributed by atoms with Gasteiger partial charge >= 0.3 is 6.09 Å². The maximum Gasteiger partial charge on any atom is 0.407 e. The topological polar surface area (TPSA) is 92.6 Å². The minimum Gasteiger partial charge on any atom is -0.444 e. The molecule has 3 N–H and O–H groups in total. The number of aryl methyl sites for hydroxylation is 1. The number of imidazole rings is 1. The van der Waals surface area contributed by atoms with Crippen molar-refractivity contribution in [1.29, 1.82) is 0 Å². The fourth-order valence-electron chi connectivity index (χ4n) is 2.00. The molecule has 1 heterocycles. The van der Waals surface area contributed by atoms with Crippen LogP contribution in [0, 0.1) is 0 Å². The molecule has 1 aromatic heterocycles. The Labute approximate surface area is 150 Å². The number of nitrogens with zero attached hydrogens (tertiary/aromatic N) is 3. The van der Waals surface area contributed by atoms with Gasteiger partial charge in [0.2, 0.25) is 0 Å². The highest BCUT2D eigenvalue weighted by molar-refractivity contribution is 5.79. The zero-order valence-electron chi connectivity index (χ0n) is 15.8. The first-order chi connectivity index (χ1) is 11.9.